The third-order valence-corrected chi connectivity index (χ3v) is 6.49. The number of nitrogens with zero attached hydrogens (tertiary/aromatic N) is 2. The lowest BCUT2D eigenvalue weighted by molar-refractivity contribution is -0.274. The molecule has 9 nitrogen and oxygen atoms in total. The zero-order valence-corrected chi connectivity index (χ0v) is 25.4. The second-order valence-corrected chi connectivity index (χ2v) is 10.5. The van der Waals surface area contributed by atoms with Gasteiger partial charge in [-0.25, -0.2) is 5.43 Å². The van der Waals surface area contributed by atoms with E-state index in [1.807, 2.05) is 42.5 Å². The summed E-state index contributed by atoms with van der Waals surface area (Å²) >= 11 is 5.42. The first-order chi connectivity index (χ1) is 21.6. The maximum atomic E-state index is 12.5. The molecule has 45 heavy (non-hydrogen) atoms. The zero-order valence-electron chi connectivity index (χ0n) is 24.6. The number of para-hydroxylation sites is 1. The molecule has 0 atom stereocenters. The van der Waals surface area contributed by atoms with Gasteiger partial charge in [0.25, 0.3) is 0 Å². The Balaban J connectivity index is 1.36. The molecular formula is C32H33F3N8OS. The Kier molecular flexibility index (Phi) is 11.4. The number of aliphatic imine (C=N–C) groups is 1. The highest BCUT2D eigenvalue weighted by molar-refractivity contribution is 7.80. The molecule has 0 aliphatic carbocycles. The smallest absolute Gasteiger partial charge is 0.406 e. The SMILES string of the molecule is CC(C)c1ccccc1NC(=S)NNCc1ccc(C(=N)/N=C(/NCc2ccccn2)Nc2ccc(OC(F)(F)F)cc2)cc1. The van der Waals surface area contributed by atoms with E-state index in [9.17, 15) is 13.2 Å². The number of hydrogen-bond acceptors (Lipinski definition) is 5. The predicted octanol–water partition coefficient (Wildman–Crippen LogP) is 6.68. The highest BCUT2D eigenvalue weighted by Gasteiger charge is 2.31. The maximum absolute atomic E-state index is 12.5. The van der Waals surface area contributed by atoms with Crippen molar-refractivity contribution in [2.75, 3.05) is 10.6 Å². The largest absolute Gasteiger partial charge is 0.573 e. The molecule has 0 bridgehead atoms. The molecule has 0 aliphatic heterocycles. The Labute approximate surface area is 264 Å². The predicted molar refractivity (Wildman–Crippen MR) is 175 cm³/mol. The van der Waals surface area contributed by atoms with Crippen molar-refractivity contribution >= 4 is 40.5 Å². The fourth-order valence-corrected chi connectivity index (χ4v) is 4.30. The minimum atomic E-state index is -4.78. The van der Waals surface area contributed by atoms with Crippen molar-refractivity contribution in [2.24, 2.45) is 4.99 Å². The number of rotatable bonds is 10. The topological polar surface area (TPSA) is 118 Å². The summed E-state index contributed by atoms with van der Waals surface area (Å²) in [5.41, 5.74) is 10.9. The number of pyridine rings is 1. The van der Waals surface area contributed by atoms with E-state index in [1.54, 1.807) is 24.4 Å². The van der Waals surface area contributed by atoms with Gasteiger partial charge >= 0.3 is 6.36 Å². The molecule has 0 aliphatic rings. The summed E-state index contributed by atoms with van der Waals surface area (Å²) in [7, 11) is 0. The molecule has 0 radical (unpaired) electrons. The number of amidine groups is 1. The van der Waals surface area contributed by atoms with Crippen LogP contribution in [0.5, 0.6) is 5.75 Å². The number of guanidine groups is 1. The van der Waals surface area contributed by atoms with Gasteiger partial charge in [0.2, 0.25) is 5.96 Å². The monoisotopic (exact) mass is 634 g/mol. The molecule has 1 aromatic heterocycles. The van der Waals surface area contributed by atoms with Crippen molar-refractivity contribution in [3.63, 3.8) is 0 Å². The number of hydrogen-bond donors (Lipinski definition) is 6. The van der Waals surface area contributed by atoms with E-state index in [0.717, 1.165) is 16.9 Å². The lowest BCUT2D eigenvalue weighted by Crippen LogP contribution is -2.39. The van der Waals surface area contributed by atoms with Crippen molar-refractivity contribution in [1.29, 1.82) is 5.41 Å². The van der Waals surface area contributed by atoms with E-state index < -0.39 is 6.36 Å². The highest BCUT2D eigenvalue weighted by Crippen LogP contribution is 2.25. The number of anilines is 2. The van der Waals surface area contributed by atoms with E-state index in [1.165, 1.54) is 29.8 Å². The van der Waals surface area contributed by atoms with Gasteiger partial charge in [0, 0.05) is 29.7 Å². The number of alkyl halides is 3. The number of halogens is 3. The first-order valence-electron chi connectivity index (χ1n) is 14.0. The van der Waals surface area contributed by atoms with Crippen molar-refractivity contribution in [1.82, 2.24) is 21.2 Å². The van der Waals surface area contributed by atoms with Crippen molar-refractivity contribution in [2.45, 2.75) is 39.2 Å². The molecule has 4 aromatic rings. The molecular weight excluding hydrogens is 601 g/mol. The lowest BCUT2D eigenvalue weighted by atomic mass is 10.0. The Hall–Kier alpha value is -5.01. The van der Waals surface area contributed by atoms with Gasteiger partial charge in [-0.05, 0) is 71.7 Å². The molecule has 6 N–H and O–H groups in total. The number of thiocarbonyl (C=S) groups is 1. The van der Waals surface area contributed by atoms with Crippen LogP contribution in [0.1, 0.15) is 42.1 Å². The number of benzene rings is 3. The summed E-state index contributed by atoms with van der Waals surface area (Å²) in [6, 6.07) is 26.0. The van der Waals surface area contributed by atoms with Crippen LogP contribution in [0.4, 0.5) is 24.5 Å². The third kappa shape index (κ3) is 10.9. The van der Waals surface area contributed by atoms with Crippen molar-refractivity contribution in [3.8, 4) is 5.75 Å². The van der Waals surface area contributed by atoms with Gasteiger partial charge in [-0.1, -0.05) is 62.4 Å². The molecule has 13 heteroatoms. The number of aromatic nitrogens is 1. The first-order valence-corrected chi connectivity index (χ1v) is 14.4. The van der Waals surface area contributed by atoms with Crippen LogP contribution < -0.4 is 31.5 Å². The summed E-state index contributed by atoms with van der Waals surface area (Å²) in [5, 5.41) is 18.4. The Bertz CT molecular complexity index is 1600. The van der Waals surface area contributed by atoms with E-state index in [4.69, 9.17) is 17.6 Å². The van der Waals surface area contributed by atoms with Gasteiger partial charge < -0.3 is 20.7 Å². The molecule has 4 rings (SSSR count). The second kappa shape index (κ2) is 15.6. The second-order valence-electron chi connectivity index (χ2n) is 10.1. The van der Waals surface area contributed by atoms with Crippen LogP contribution in [0.15, 0.2) is 102 Å². The molecule has 0 unspecified atom stereocenters. The molecule has 0 saturated carbocycles. The van der Waals surface area contributed by atoms with E-state index in [-0.39, 0.29) is 17.5 Å². The lowest BCUT2D eigenvalue weighted by Gasteiger charge is -2.16. The van der Waals surface area contributed by atoms with Crippen molar-refractivity contribution in [3.05, 3.63) is 120 Å². The summed E-state index contributed by atoms with van der Waals surface area (Å²) in [6.07, 6.45) is -3.13. The van der Waals surface area contributed by atoms with Gasteiger partial charge in [0.05, 0.1) is 12.2 Å². The average molecular weight is 635 g/mol. The fraction of sp³-hybridized carbons (Fsp3) is 0.188. The standard InChI is InChI=1S/C32H33F3N8OS/c1-21(2)27-8-3-4-9-28(27)41-31(45)43-39-19-22-10-12-23(13-11-22)29(36)42-30(38-20-25-7-5-6-18-37-25)40-24-14-16-26(17-15-24)44-32(33,34)35/h3-18,21,39H,19-20H2,1-2H3,(H2,41,43,45)(H3,36,38,40,42). The van der Waals surface area contributed by atoms with Crippen molar-refractivity contribution < 1.29 is 17.9 Å². The summed E-state index contributed by atoms with van der Waals surface area (Å²) in [6.45, 7) is 5.02. The maximum Gasteiger partial charge on any atom is 0.573 e. The van der Waals surface area contributed by atoms with Crippen LogP contribution in [0.2, 0.25) is 0 Å². The minimum absolute atomic E-state index is 0.0325. The molecule has 0 fully saturated rings. The first kappa shape index (κ1) is 32.9. The van der Waals surface area contributed by atoms with Crippen LogP contribution in [0.25, 0.3) is 0 Å². The Morgan fingerprint density at radius 2 is 1.62 bits per heavy atom. The summed E-state index contributed by atoms with van der Waals surface area (Å²) in [4.78, 5) is 8.67. The Morgan fingerprint density at radius 1 is 0.911 bits per heavy atom. The third-order valence-electron chi connectivity index (χ3n) is 6.29. The van der Waals surface area contributed by atoms with Gasteiger partial charge in [-0.3, -0.25) is 15.8 Å². The highest BCUT2D eigenvalue weighted by atomic mass is 32.1. The quantitative estimate of drug-likeness (QED) is 0.0495. The van der Waals surface area contributed by atoms with Crippen LogP contribution in [-0.2, 0) is 13.1 Å². The Morgan fingerprint density at radius 3 is 2.29 bits per heavy atom. The summed E-state index contributed by atoms with van der Waals surface area (Å²) < 4.78 is 41.5. The van der Waals surface area contributed by atoms with Crippen LogP contribution in [0, 0.1) is 5.41 Å². The minimum Gasteiger partial charge on any atom is -0.406 e. The average Bonchev–Trinajstić information content (AvgIpc) is 3.01. The van der Waals surface area contributed by atoms with Gasteiger partial charge in [-0.15, -0.1) is 13.2 Å². The van der Waals surface area contributed by atoms with E-state index in [2.05, 4.69) is 61.4 Å². The molecule has 0 saturated heterocycles. The number of ether oxygens (including phenoxy) is 1. The fourth-order valence-electron chi connectivity index (χ4n) is 4.12. The summed E-state index contributed by atoms with van der Waals surface area (Å²) in [5.74, 6) is 0.183. The van der Waals surface area contributed by atoms with Crippen LogP contribution in [0.3, 0.4) is 0 Å². The molecule has 3 aromatic carbocycles. The van der Waals surface area contributed by atoms with Gasteiger partial charge in [0.15, 0.2) is 10.9 Å². The zero-order chi connectivity index (χ0) is 32.2. The van der Waals surface area contributed by atoms with Crippen LogP contribution >= 0.6 is 12.2 Å². The number of hydrazine groups is 1. The van der Waals surface area contributed by atoms with Gasteiger partial charge in [-0.2, -0.15) is 4.99 Å². The van der Waals surface area contributed by atoms with Crippen LogP contribution in [-0.4, -0.2) is 28.3 Å². The van der Waals surface area contributed by atoms with Gasteiger partial charge in [0.1, 0.15) is 5.75 Å². The molecule has 234 valence electrons. The molecule has 0 amide bonds. The molecule has 0 spiro atoms. The normalized spacial score (nSPS) is 11.6. The number of nitrogens with one attached hydrogen (secondary N) is 6. The molecule has 1 heterocycles. The van der Waals surface area contributed by atoms with E-state index in [0.29, 0.717) is 35.4 Å². The van der Waals surface area contributed by atoms with E-state index >= 15 is 0 Å².